The van der Waals surface area contributed by atoms with Crippen molar-refractivity contribution in [3.05, 3.63) is 59.9 Å². The van der Waals surface area contributed by atoms with Crippen LogP contribution in [0.25, 0.3) is 11.0 Å². The lowest BCUT2D eigenvalue weighted by Gasteiger charge is -2.05. The molecule has 0 amide bonds. The highest BCUT2D eigenvalue weighted by atomic mass is 19.2. The number of hydrogen-bond acceptors (Lipinski definition) is 2. The number of benzene rings is 1. The van der Waals surface area contributed by atoms with Crippen molar-refractivity contribution in [2.75, 3.05) is 0 Å². The van der Waals surface area contributed by atoms with Gasteiger partial charge in [-0.1, -0.05) is 12.1 Å². The molecular weight excluding hydrogens is 236 g/mol. The van der Waals surface area contributed by atoms with E-state index in [9.17, 15) is 8.78 Å². The number of halogens is 2. The first-order chi connectivity index (χ1) is 8.75. The van der Waals surface area contributed by atoms with Crippen LogP contribution in [-0.4, -0.2) is 14.8 Å². The van der Waals surface area contributed by atoms with Gasteiger partial charge in [0.15, 0.2) is 17.3 Å². The van der Waals surface area contributed by atoms with Gasteiger partial charge in [0.2, 0.25) is 0 Å². The van der Waals surface area contributed by atoms with Gasteiger partial charge in [-0.05, 0) is 18.2 Å². The third kappa shape index (κ3) is 1.73. The minimum absolute atomic E-state index is 0.157. The Kier molecular flexibility index (Phi) is 2.51. The van der Waals surface area contributed by atoms with Gasteiger partial charge < -0.3 is 0 Å². The maximum absolute atomic E-state index is 13.6. The molecule has 3 nitrogen and oxygen atoms in total. The SMILES string of the molecule is Fc1cccc(Cn2ncc3cccnc32)c1F. The summed E-state index contributed by atoms with van der Waals surface area (Å²) in [5.74, 6) is -1.69. The minimum Gasteiger partial charge on any atom is -0.243 e. The highest BCUT2D eigenvalue weighted by molar-refractivity contribution is 5.73. The van der Waals surface area contributed by atoms with Gasteiger partial charge in [0, 0.05) is 17.1 Å². The number of nitrogens with zero attached hydrogens (tertiary/aromatic N) is 3. The zero-order valence-electron chi connectivity index (χ0n) is 9.35. The Hall–Kier alpha value is -2.30. The Morgan fingerprint density at radius 2 is 2.00 bits per heavy atom. The van der Waals surface area contributed by atoms with E-state index in [1.54, 1.807) is 23.1 Å². The third-order valence-corrected chi connectivity index (χ3v) is 2.75. The molecular formula is C13H9F2N3. The lowest BCUT2D eigenvalue weighted by atomic mass is 10.2. The lowest BCUT2D eigenvalue weighted by molar-refractivity contribution is 0.493. The summed E-state index contributed by atoms with van der Waals surface area (Å²) < 4.78 is 28.2. The zero-order valence-corrected chi connectivity index (χ0v) is 9.35. The van der Waals surface area contributed by atoms with E-state index < -0.39 is 11.6 Å². The van der Waals surface area contributed by atoms with Crippen LogP contribution in [0.15, 0.2) is 42.7 Å². The molecule has 0 saturated carbocycles. The molecule has 0 aliphatic rings. The molecule has 0 aliphatic heterocycles. The average molecular weight is 245 g/mol. The summed E-state index contributed by atoms with van der Waals surface area (Å²) >= 11 is 0. The standard InChI is InChI=1S/C13H9F2N3/c14-11-5-1-3-10(12(11)15)8-18-13-9(7-17-18)4-2-6-16-13/h1-7H,8H2. The molecule has 2 aromatic heterocycles. The molecule has 5 heteroatoms. The summed E-state index contributed by atoms with van der Waals surface area (Å²) in [6.45, 7) is 0.157. The zero-order chi connectivity index (χ0) is 12.5. The molecule has 1 aromatic carbocycles. The van der Waals surface area contributed by atoms with Crippen LogP contribution in [0.3, 0.4) is 0 Å². The van der Waals surface area contributed by atoms with E-state index in [4.69, 9.17) is 0 Å². The van der Waals surface area contributed by atoms with Gasteiger partial charge in [0.1, 0.15) is 0 Å². The number of aromatic nitrogens is 3. The van der Waals surface area contributed by atoms with Gasteiger partial charge in [0.05, 0.1) is 12.7 Å². The molecule has 0 unspecified atom stereocenters. The second kappa shape index (κ2) is 4.18. The highest BCUT2D eigenvalue weighted by Crippen LogP contribution is 2.15. The summed E-state index contributed by atoms with van der Waals surface area (Å²) in [6, 6.07) is 7.78. The van der Waals surface area contributed by atoms with Gasteiger partial charge in [-0.2, -0.15) is 5.10 Å². The maximum atomic E-state index is 13.6. The molecule has 18 heavy (non-hydrogen) atoms. The van der Waals surface area contributed by atoms with E-state index in [1.165, 1.54) is 12.1 Å². The Bertz CT molecular complexity index is 706. The van der Waals surface area contributed by atoms with Crippen LogP contribution in [0, 0.1) is 11.6 Å². The van der Waals surface area contributed by atoms with E-state index in [1.807, 2.05) is 6.07 Å². The number of hydrogen-bond donors (Lipinski definition) is 0. The van der Waals surface area contributed by atoms with E-state index in [-0.39, 0.29) is 12.1 Å². The Morgan fingerprint density at radius 3 is 2.89 bits per heavy atom. The van der Waals surface area contributed by atoms with Crippen LogP contribution in [0.1, 0.15) is 5.56 Å². The molecule has 2 heterocycles. The molecule has 0 saturated heterocycles. The molecule has 90 valence electrons. The van der Waals surface area contributed by atoms with Crippen LogP contribution >= 0.6 is 0 Å². The van der Waals surface area contributed by atoms with E-state index in [2.05, 4.69) is 10.1 Å². The second-order valence-electron chi connectivity index (χ2n) is 3.93. The van der Waals surface area contributed by atoms with Crippen LogP contribution in [0.4, 0.5) is 8.78 Å². The largest absolute Gasteiger partial charge is 0.243 e. The molecule has 3 rings (SSSR count). The van der Waals surface area contributed by atoms with Crippen molar-refractivity contribution in [1.82, 2.24) is 14.8 Å². The number of pyridine rings is 1. The monoisotopic (exact) mass is 245 g/mol. The summed E-state index contributed by atoms with van der Waals surface area (Å²) in [5.41, 5.74) is 0.909. The van der Waals surface area contributed by atoms with Crippen molar-refractivity contribution < 1.29 is 8.78 Å². The smallest absolute Gasteiger partial charge is 0.163 e. The van der Waals surface area contributed by atoms with Crippen LogP contribution in [-0.2, 0) is 6.54 Å². The van der Waals surface area contributed by atoms with E-state index >= 15 is 0 Å². The van der Waals surface area contributed by atoms with Crippen molar-refractivity contribution in [1.29, 1.82) is 0 Å². The molecule has 0 radical (unpaired) electrons. The van der Waals surface area contributed by atoms with Gasteiger partial charge in [-0.25, -0.2) is 18.4 Å². The fourth-order valence-electron chi connectivity index (χ4n) is 1.86. The topological polar surface area (TPSA) is 30.7 Å². The van der Waals surface area contributed by atoms with Gasteiger partial charge in [-0.15, -0.1) is 0 Å². The normalized spacial score (nSPS) is 11.0. The number of fused-ring (bicyclic) bond motifs is 1. The predicted octanol–water partition coefficient (Wildman–Crippen LogP) is 2.76. The van der Waals surface area contributed by atoms with Crippen molar-refractivity contribution in [2.45, 2.75) is 6.54 Å². The van der Waals surface area contributed by atoms with Crippen LogP contribution in [0.5, 0.6) is 0 Å². The van der Waals surface area contributed by atoms with Crippen LogP contribution in [0.2, 0.25) is 0 Å². The number of rotatable bonds is 2. The van der Waals surface area contributed by atoms with E-state index in [0.29, 0.717) is 5.65 Å². The fraction of sp³-hybridized carbons (Fsp3) is 0.0769. The quantitative estimate of drug-likeness (QED) is 0.695. The van der Waals surface area contributed by atoms with E-state index in [0.717, 1.165) is 11.5 Å². The molecule has 0 spiro atoms. The summed E-state index contributed by atoms with van der Waals surface area (Å²) in [5, 5.41) is 5.00. The van der Waals surface area contributed by atoms with Gasteiger partial charge in [-0.3, -0.25) is 0 Å². The fourth-order valence-corrected chi connectivity index (χ4v) is 1.86. The van der Waals surface area contributed by atoms with Crippen molar-refractivity contribution >= 4 is 11.0 Å². The molecule has 0 aliphatic carbocycles. The van der Waals surface area contributed by atoms with Crippen molar-refractivity contribution in [3.8, 4) is 0 Å². The van der Waals surface area contributed by atoms with Crippen molar-refractivity contribution in [2.24, 2.45) is 0 Å². The van der Waals surface area contributed by atoms with Crippen LogP contribution < -0.4 is 0 Å². The van der Waals surface area contributed by atoms with Gasteiger partial charge >= 0.3 is 0 Å². The second-order valence-corrected chi connectivity index (χ2v) is 3.93. The third-order valence-electron chi connectivity index (χ3n) is 2.75. The first kappa shape index (κ1) is 10.8. The molecule has 0 fully saturated rings. The predicted molar refractivity (Wildman–Crippen MR) is 63.0 cm³/mol. The molecule has 0 atom stereocenters. The first-order valence-corrected chi connectivity index (χ1v) is 5.45. The maximum Gasteiger partial charge on any atom is 0.163 e. The molecule has 0 bridgehead atoms. The average Bonchev–Trinajstić information content (AvgIpc) is 2.79. The first-order valence-electron chi connectivity index (χ1n) is 5.45. The summed E-state index contributed by atoms with van der Waals surface area (Å²) in [6.07, 6.45) is 3.29. The summed E-state index contributed by atoms with van der Waals surface area (Å²) in [4.78, 5) is 4.17. The summed E-state index contributed by atoms with van der Waals surface area (Å²) in [7, 11) is 0. The minimum atomic E-state index is -0.850. The Balaban J connectivity index is 2.04. The highest BCUT2D eigenvalue weighted by Gasteiger charge is 2.10. The Labute approximate surface area is 102 Å². The Morgan fingerprint density at radius 1 is 1.11 bits per heavy atom. The van der Waals surface area contributed by atoms with Gasteiger partial charge in [0.25, 0.3) is 0 Å². The molecule has 3 aromatic rings. The molecule has 0 N–H and O–H groups in total. The van der Waals surface area contributed by atoms with Crippen molar-refractivity contribution in [3.63, 3.8) is 0 Å². The lowest BCUT2D eigenvalue weighted by Crippen LogP contribution is -2.05.